The molecule has 1 heterocycles. The Kier molecular flexibility index (Phi) is 5.55. The van der Waals surface area contributed by atoms with Crippen molar-refractivity contribution in [1.82, 2.24) is 15.1 Å². The average molecular weight is 229 g/mol. The Morgan fingerprint density at radius 3 is 2.81 bits per heavy atom. The van der Waals surface area contributed by atoms with Crippen LogP contribution in [0, 0.1) is 0 Å². The number of likely N-dealkylation sites (tertiary alicyclic amines) is 1. The highest BCUT2D eigenvalue weighted by Gasteiger charge is 2.17. The molecule has 0 spiro atoms. The molecule has 0 aliphatic carbocycles. The van der Waals surface area contributed by atoms with Crippen molar-refractivity contribution in [2.45, 2.75) is 25.3 Å². The first kappa shape index (κ1) is 13.3. The van der Waals surface area contributed by atoms with Crippen LogP contribution in [-0.2, 0) is 0 Å². The topological polar surface area (TPSA) is 55.8 Å². The molecule has 0 saturated carbocycles. The molecular weight excluding hydrogens is 206 g/mol. The molecule has 0 unspecified atom stereocenters. The van der Waals surface area contributed by atoms with Crippen molar-refractivity contribution in [2.24, 2.45) is 0 Å². The first-order valence-corrected chi connectivity index (χ1v) is 5.94. The highest BCUT2D eigenvalue weighted by molar-refractivity contribution is 5.64. The molecule has 0 bridgehead atoms. The largest absolute Gasteiger partial charge is 0.465 e. The van der Waals surface area contributed by atoms with Crippen LogP contribution in [0.4, 0.5) is 4.79 Å². The lowest BCUT2D eigenvalue weighted by Crippen LogP contribution is -2.36. The molecule has 5 heteroatoms. The molecule has 5 nitrogen and oxygen atoms in total. The quantitative estimate of drug-likeness (QED) is 0.744. The van der Waals surface area contributed by atoms with Crippen LogP contribution in [-0.4, -0.2) is 67.3 Å². The molecule has 0 aromatic carbocycles. The van der Waals surface area contributed by atoms with E-state index in [1.165, 1.54) is 0 Å². The average Bonchev–Trinajstić information content (AvgIpc) is 2.39. The van der Waals surface area contributed by atoms with Gasteiger partial charge in [-0.2, -0.15) is 0 Å². The van der Waals surface area contributed by atoms with Crippen molar-refractivity contribution < 1.29 is 9.90 Å². The summed E-state index contributed by atoms with van der Waals surface area (Å²) in [5, 5.41) is 11.3. The van der Waals surface area contributed by atoms with Crippen molar-refractivity contribution in [3.05, 3.63) is 0 Å². The second kappa shape index (κ2) is 6.70. The third-order valence-corrected chi connectivity index (χ3v) is 3.01. The lowest BCUT2D eigenvalue weighted by molar-refractivity contribution is 0.188. The van der Waals surface area contributed by atoms with Gasteiger partial charge in [0.2, 0.25) is 0 Å². The van der Waals surface area contributed by atoms with Gasteiger partial charge in [0.05, 0.1) is 0 Å². The van der Waals surface area contributed by atoms with E-state index >= 15 is 0 Å². The van der Waals surface area contributed by atoms with Crippen LogP contribution in [0.25, 0.3) is 0 Å². The first-order valence-electron chi connectivity index (χ1n) is 5.94. The van der Waals surface area contributed by atoms with Crippen molar-refractivity contribution in [2.75, 3.05) is 40.3 Å². The molecule has 1 saturated heterocycles. The fourth-order valence-corrected chi connectivity index (χ4v) is 2.04. The van der Waals surface area contributed by atoms with E-state index in [0.717, 1.165) is 45.4 Å². The van der Waals surface area contributed by atoms with Gasteiger partial charge in [-0.15, -0.1) is 0 Å². The number of hydrogen-bond acceptors (Lipinski definition) is 3. The SMILES string of the molecule is CN(C)CCN1CCC[C@H](NC(=O)O)CC1. The zero-order valence-electron chi connectivity index (χ0n) is 10.3. The highest BCUT2D eigenvalue weighted by atomic mass is 16.4. The monoisotopic (exact) mass is 229 g/mol. The van der Waals surface area contributed by atoms with Gasteiger partial charge in [0, 0.05) is 25.7 Å². The summed E-state index contributed by atoms with van der Waals surface area (Å²) in [6.45, 7) is 4.23. The second-order valence-electron chi connectivity index (χ2n) is 4.72. The van der Waals surface area contributed by atoms with Crippen LogP contribution in [0.5, 0.6) is 0 Å². The van der Waals surface area contributed by atoms with Gasteiger partial charge in [0.25, 0.3) is 0 Å². The van der Waals surface area contributed by atoms with Gasteiger partial charge in [-0.3, -0.25) is 0 Å². The Labute approximate surface area is 97.4 Å². The summed E-state index contributed by atoms with van der Waals surface area (Å²) in [5.41, 5.74) is 0. The molecule has 1 aliphatic heterocycles. The Bertz CT molecular complexity index is 221. The minimum absolute atomic E-state index is 0.141. The minimum Gasteiger partial charge on any atom is -0.465 e. The molecule has 0 radical (unpaired) electrons. The third kappa shape index (κ3) is 5.32. The summed E-state index contributed by atoms with van der Waals surface area (Å²) in [6.07, 6.45) is 2.08. The molecule has 94 valence electrons. The third-order valence-electron chi connectivity index (χ3n) is 3.01. The van der Waals surface area contributed by atoms with Crippen LogP contribution in [0.1, 0.15) is 19.3 Å². The van der Waals surface area contributed by atoms with Gasteiger partial charge in [-0.25, -0.2) is 4.79 Å². The molecule has 2 N–H and O–H groups in total. The number of rotatable bonds is 4. The van der Waals surface area contributed by atoms with Crippen molar-refractivity contribution in [1.29, 1.82) is 0 Å². The van der Waals surface area contributed by atoms with E-state index in [0.29, 0.717) is 0 Å². The summed E-state index contributed by atoms with van der Waals surface area (Å²) in [5.74, 6) is 0. The van der Waals surface area contributed by atoms with Crippen LogP contribution in [0.3, 0.4) is 0 Å². The smallest absolute Gasteiger partial charge is 0.404 e. The number of amides is 1. The van der Waals surface area contributed by atoms with E-state index in [1.807, 2.05) is 0 Å². The number of hydrogen-bond donors (Lipinski definition) is 2. The van der Waals surface area contributed by atoms with Gasteiger partial charge in [0.1, 0.15) is 0 Å². The van der Waals surface area contributed by atoms with Crippen LogP contribution >= 0.6 is 0 Å². The Morgan fingerprint density at radius 2 is 2.19 bits per heavy atom. The Hall–Kier alpha value is -0.810. The van der Waals surface area contributed by atoms with Crippen LogP contribution < -0.4 is 5.32 Å². The molecule has 1 rings (SSSR count). The lowest BCUT2D eigenvalue weighted by Gasteiger charge is -2.22. The van der Waals surface area contributed by atoms with Gasteiger partial charge >= 0.3 is 6.09 Å². The van der Waals surface area contributed by atoms with Crippen molar-refractivity contribution in [3.63, 3.8) is 0 Å². The zero-order valence-corrected chi connectivity index (χ0v) is 10.3. The number of likely N-dealkylation sites (N-methyl/N-ethyl adjacent to an activating group) is 1. The van der Waals surface area contributed by atoms with E-state index < -0.39 is 6.09 Å². The Morgan fingerprint density at radius 1 is 1.44 bits per heavy atom. The number of nitrogens with one attached hydrogen (secondary N) is 1. The zero-order chi connectivity index (χ0) is 12.0. The summed E-state index contributed by atoms with van der Waals surface area (Å²) >= 11 is 0. The number of carboxylic acid groups (broad SMARTS) is 1. The lowest BCUT2D eigenvalue weighted by atomic mass is 10.1. The summed E-state index contributed by atoms with van der Waals surface area (Å²) < 4.78 is 0. The van der Waals surface area contributed by atoms with E-state index in [4.69, 9.17) is 5.11 Å². The summed E-state index contributed by atoms with van der Waals surface area (Å²) in [7, 11) is 4.15. The highest BCUT2D eigenvalue weighted by Crippen LogP contribution is 2.10. The maximum absolute atomic E-state index is 10.5. The molecule has 1 fully saturated rings. The molecule has 16 heavy (non-hydrogen) atoms. The molecular formula is C11H23N3O2. The number of nitrogens with zero attached hydrogens (tertiary/aromatic N) is 2. The fraction of sp³-hybridized carbons (Fsp3) is 0.909. The molecule has 1 amide bonds. The van der Waals surface area contributed by atoms with E-state index in [1.54, 1.807) is 0 Å². The fourth-order valence-electron chi connectivity index (χ4n) is 2.04. The van der Waals surface area contributed by atoms with Gasteiger partial charge in [-0.05, 0) is 39.9 Å². The maximum Gasteiger partial charge on any atom is 0.404 e. The standard InChI is InChI=1S/C11H23N3O2/c1-13(2)8-9-14-6-3-4-10(5-7-14)12-11(15)16/h10,12H,3-9H2,1-2H3,(H,15,16)/t10-/m0/s1. The van der Waals surface area contributed by atoms with Crippen LogP contribution in [0.15, 0.2) is 0 Å². The van der Waals surface area contributed by atoms with Crippen molar-refractivity contribution in [3.8, 4) is 0 Å². The van der Waals surface area contributed by atoms with Gasteiger partial charge in [0.15, 0.2) is 0 Å². The molecule has 1 atom stereocenters. The van der Waals surface area contributed by atoms with Crippen molar-refractivity contribution >= 4 is 6.09 Å². The van der Waals surface area contributed by atoms with E-state index in [9.17, 15) is 4.79 Å². The van der Waals surface area contributed by atoms with Gasteiger partial charge in [-0.1, -0.05) is 0 Å². The summed E-state index contributed by atoms with van der Waals surface area (Å²) in [6, 6.07) is 0.141. The molecule has 0 aromatic rings. The van der Waals surface area contributed by atoms with Gasteiger partial charge < -0.3 is 20.2 Å². The second-order valence-corrected chi connectivity index (χ2v) is 4.72. The number of carbonyl (C=O) groups is 1. The predicted octanol–water partition coefficient (Wildman–Crippen LogP) is 0.670. The first-order chi connectivity index (χ1) is 7.58. The predicted molar refractivity (Wildman–Crippen MR) is 63.8 cm³/mol. The minimum atomic E-state index is -0.897. The normalized spacial score (nSPS) is 23.1. The van der Waals surface area contributed by atoms with E-state index in [2.05, 4.69) is 29.2 Å². The van der Waals surface area contributed by atoms with Crippen LogP contribution in [0.2, 0.25) is 0 Å². The van der Waals surface area contributed by atoms with E-state index in [-0.39, 0.29) is 6.04 Å². The Balaban J connectivity index is 2.26. The molecule has 0 aromatic heterocycles. The molecule has 1 aliphatic rings. The summed E-state index contributed by atoms with van der Waals surface area (Å²) in [4.78, 5) is 15.1. The maximum atomic E-state index is 10.5.